The molecule has 3 atom stereocenters. The highest BCUT2D eigenvalue weighted by Crippen LogP contribution is 2.68. The van der Waals surface area contributed by atoms with Crippen LogP contribution in [0.1, 0.15) is 79.0 Å². The van der Waals surface area contributed by atoms with Gasteiger partial charge in [-0.25, -0.2) is 0 Å². The van der Waals surface area contributed by atoms with Crippen molar-refractivity contribution >= 4 is 44.8 Å². The summed E-state index contributed by atoms with van der Waals surface area (Å²) in [4.78, 5) is 0. The number of allylic oxidation sites excluding steroid dienone is 5. The molecule has 0 heteroatoms. The van der Waals surface area contributed by atoms with Crippen molar-refractivity contribution in [3.8, 4) is 0 Å². The monoisotopic (exact) mass is 708 g/mol. The van der Waals surface area contributed by atoms with E-state index in [2.05, 4.69) is 201 Å². The van der Waals surface area contributed by atoms with E-state index >= 15 is 0 Å². The fraction of sp³-hybridized carbons (Fsp3) is 0.164. The average molecular weight is 709 g/mol. The predicted octanol–water partition coefficient (Wildman–Crippen LogP) is 14.8. The van der Waals surface area contributed by atoms with Gasteiger partial charge in [0.15, 0.2) is 0 Å². The van der Waals surface area contributed by atoms with E-state index in [0.29, 0.717) is 5.92 Å². The van der Waals surface area contributed by atoms with E-state index in [1.165, 1.54) is 78.1 Å². The van der Waals surface area contributed by atoms with Crippen molar-refractivity contribution in [2.24, 2.45) is 11.3 Å². The Morgan fingerprint density at radius 2 is 1.33 bits per heavy atom. The summed E-state index contributed by atoms with van der Waals surface area (Å²) >= 11 is 0. The Morgan fingerprint density at radius 1 is 0.673 bits per heavy atom. The molecule has 0 aromatic heterocycles. The summed E-state index contributed by atoms with van der Waals surface area (Å²) < 4.78 is 0. The third-order valence-corrected chi connectivity index (χ3v) is 12.4. The van der Waals surface area contributed by atoms with Crippen LogP contribution in [0.15, 0.2) is 188 Å². The Hall–Kier alpha value is -5.98. The lowest BCUT2D eigenvalue weighted by molar-refractivity contribution is 0.409. The normalized spacial score (nSPS) is 19.4. The van der Waals surface area contributed by atoms with E-state index < -0.39 is 0 Å². The summed E-state index contributed by atoms with van der Waals surface area (Å²) in [5.41, 5.74) is 13.5. The highest BCUT2D eigenvalue weighted by molar-refractivity contribution is 6.03. The molecule has 0 amide bonds. The highest BCUT2D eigenvalue weighted by Gasteiger charge is 2.59. The summed E-state index contributed by atoms with van der Waals surface area (Å²) in [6.07, 6.45) is 15.4. The van der Waals surface area contributed by atoms with Crippen LogP contribution in [-0.4, -0.2) is 0 Å². The molecule has 0 bridgehead atoms. The smallest absolute Gasteiger partial charge is 0.0189 e. The zero-order chi connectivity index (χ0) is 37.4. The third kappa shape index (κ3) is 6.21. The maximum atomic E-state index is 2.60. The molecule has 55 heavy (non-hydrogen) atoms. The van der Waals surface area contributed by atoms with Crippen LogP contribution in [0.3, 0.4) is 0 Å². The second kappa shape index (κ2) is 14.3. The van der Waals surface area contributed by atoms with E-state index in [0.717, 1.165) is 12.8 Å². The number of hydrogen-bond donors (Lipinski definition) is 0. The molecule has 1 fully saturated rings. The van der Waals surface area contributed by atoms with Crippen LogP contribution < -0.4 is 0 Å². The highest BCUT2D eigenvalue weighted by atomic mass is 14.6. The van der Waals surface area contributed by atoms with Gasteiger partial charge in [-0.2, -0.15) is 0 Å². The van der Waals surface area contributed by atoms with Gasteiger partial charge in [-0.15, -0.1) is 0 Å². The van der Waals surface area contributed by atoms with Gasteiger partial charge in [0.2, 0.25) is 0 Å². The molecule has 3 aliphatic rings. The second-order valence-electron chi connectivity index (χ2n) is 15.6. The summed E-state index contributed by atoms with van der Waals surface area (Å²) in [5, 5.41) is 5.21. The lowest BCUT2D eigenvalue weighted by Crippen LogP contribution is -2.29. The molecule has 0 saturated heterocycles. The maximum Gasteiger partial charge on any atom is 0.0189 e. The number of benzene rings is 7. The minimum absolute atomic E-state index is 0.0936. The standard InChI is InChI=1S/C53H42.C2H6/c1-52(43-23-6-3-7-24-43,49-28-14-21-39-18-9-11-26-45(39)49)36-53-32-31-41-22-12-19-40-29-30-42(34-48(40)51(41)50(53)35-53)47(33-37-15-4-2-5-16-37)46-27-13-20-38-17-8-10-25-44(38)46;1-2/h2-21,23-34,50H,22,35-36H2,1H3;1-2H3. The Balaban J connectivity index is 0.00000195. The molecule has 0 N–H and O–H groups in total. The molecular weight excluding hydrogens is 661 g/mol. The van der Waals surface area contributed by atoms with Crippen LogP contribution in [0.5, 0.6) is 0 Å². The van der Waals surface area contributed by atoms with Crippen LogP contribution >= 0.6 is 0 Å². The molecule has 10 rings (SSSR count). The van der Waals surface area contributed by atoms with Crippen molar-refractivity contribution in [1.29, 1.82) is 0 Å². The Morgan fingerprint density at radius 3 is 2.11 bits per heavy atom. The molecule has 0 aliphatic heterocycles. The van der Waals surface area contributed by atoms with Gasteiger partial charge in [0.1, 0.15) is 0 Å². The van der Waals surface area contributed by atoms with Crippen LogP contribution in [0.2, 0.25) is 0 Å². The van der Waals surface area contributed by atoms with Crippen LogP contribution in [0.25, 0.3) is 44.8 Å². The number of hydrogen-bond acceptors (Lipinski definition) is 0. The first-order valence-corrected chi connectivity index (χ1v) is 20.1. The van der Waals surface area contributed by atoms with Gasteiger partial charge in [0, 0.05) is 5.41 Å². The molecule has 0 spiro atoms. The summed E-state index contributed by atoms with van der Waals surface area (Å²) in [7, 11) is 0. The molecule has 0 nitrogen and oxygen atoms in total. The van der Waals surface area contributed by atoms with Gasteiger partial charge in [-0.1, -0.05) is 203 Å². The lowest BCUT2D eigenvalue weighted by atomic mass is 9.66. The Labute approximate surface area is 326 Å². The zero-order valence-electron chi connectivity index (χ0n) is 32.2. The lowest BCUT2D eigenvalue weighted by Gasteiger charge is -2.37. The topological polar surface area (TPSA) is 0 Å². The summed E-state index contributed by atoms with van der Waals surface area (Å²) in [5.74, 6) is 0.480. The molecule has 7 aromatic carbocycles. The molecule has 7 aromatic rings. The van der Waals surface area contributed by atoms with Gasteiger partial charge < -0.3 is 0 Å². The van der Waals surface area contributed by atoms with Crippen molar-refractivity contribution in [2.75, 3.05) is 0 Å². The van der Waals surface area contributed by atoms with Crippen molar-refractivity contribution in [2.45, 2.75) is 45.4 Å². The Bertz CT molecular complexity index is 2640. The van der Waals surface area contributed by atoms with E-state index in [9.17, 15) is 0 Å². The molecular formula is C55H48. The largest absolute Gasteiger partial charge is 0.0795 e. The van der Waals surface area contributed by atoms with Crippen LogP contribution in [0.4, 0.5) is 0 Å². The minimum Gasteiger partial charge on any atom is -0.0795 e. The first-order chi connectivity index (χ1) is 27.1. The number of rotatable bonds is 7. The van der Waals surface area contributed by atoms with Crippen molar-refractivity contribution < 1.29 is 0 Å². The molecule has 3 aliphatic carbocycles. The van der Waals surface area contributed by atoms with Gasteiger partial charge in [0.25, 0.3) is 0 Å². The Kier molecular flexibility index (Phi) is 9.07. The van der Waals surface area contributed by atoms with Gasteiger partial charge in [-0.05, 0) is 120 Å². The van der Waals surface area contributed by atoms with Crippen molar-refractivity contribution in [3.63, 3.8) is 0 Å². The van der Waals surface area contributed by atoms with Gasteiger partial charge >= 0.3 is 0 Å². The van der Waals surface area contributed by atoms with Crippen molar-refractivity contribution in [1.82, 2.24) is 0 Å². The second-order valence-corrected chi connectivity index (χ2v) is 15.6. The van der Waals surface area contributed by atoms with E-state index in [4.69, 9.17) is 0 Å². The molecule has 1 saturated carbocycles. The van der Waals surface area contributed by atoms with Crippen LogP contribution in [0, 0.1) is 11.3 Å². The van der Waals surface area contributed by atoms with Crippen LogP contribution in [-0.2, 0) is 5.41 Å². The molecule has 3 unspecified atom stereocenters. The van der Waals surface area contributed by atoms with E-state index in [-0.39, 0.29) is 10.8 Å². The molecule has 0 radical (unpaired) electrons. The summed E-state index contributed by atoms with van der Waals surface area (Å²) in [6.45, 7) is 6.50. The fourth-order valence-corrected chi connectivity index (χ4v) is 9.70. The fourth-order valence-electron chi connectivity index (χ4n) is 9.70. The predicted molar refractivity (Wildman–Crippen MR) is 237 cm³/mol. The minimum atomic E-state index is -0.160. The SMILES string of the molecule is CC.CC(CC12C=CC3=C(c4cc(C(=Cc5ccccc5)c5cccc6ccccc56)ccc4C=CC3)C1C2)(c1ccccc1)c1cccc2ccccc12. The quantitative estimate of drug-likeness (QED) is 0.145. The first kappa shape index (κ1) is 34.8. The van der Waals surface area contributed by atoms with Crippen molar-refractivity contribution in [3.05, 3.63) is 227 Å². The van der Waals surface area contributed by atoms with E-state index in [1.54, 1.807) is 5.57 Å². The number of fused-ring (bicyclic) bond motifs is 6. The van der Waals surface area contributed by atoms with Gasteiger partial charge in [-0.3, -0.25) is 0 Å². The van der Waals surface area contributed by atoms with E-state index in [1.807, 2.05) is 13.8 Å². The van der Waals surface area contributed by atoms with Gasteiger partial charge in [0.05, 0.1) is 0 Å². The molecule has 268 valence electrons. The third-order valence-electron chi connectivity index (χ3n) is 12.4. The first-order valence-electron chi connectivity index (χ1n) is 20.1. The molecule has 0 heterocycles. The maximum absolute atomic E-state index is 2.60. The average Bonchev–Trinajstić information content (AvgIpc) is 4.00. The summed E-state index contributed by atoms with van der Waals surface area (Å²) in [6, 6.07) is 60.6. The zero-order valence-corrected chi connectivity index (χ0v) is 32.2.